The first kappa shape index (κ1) is 17.5. The van der Waals surface area contributed by atoms with E-state index in [0.717, 1.165) is 18.2 Å². The highest BCUT2D eigenvalue weighted by Crippen LogP contribution is 2.30. The molecule has 2 N–H and O–H groups in total. The molecule has 0 fully saturated rings. The summed E-state index contributed by atoms with van der Waals surface area (Å²) in [6.45, 7) is 3.15. The Morgan fingerprint density at radius 2 is 1.77 bits per heavy atom. The molecule has 0 atom stereocenters. The Morgan fingerprint density at radius 3 is 2.38 bits per heavy atom. The summed E-state index contributed by atoms with van der Waals surface area (Å²) in [7, 11) is 0. The lowest BCUT2D eigenvalue weighted by molar-refractivity contribution is 0.101. The van der Waals surface area contributed by atoms with Gasteiger partial charge in [-0.15, -0.1) is 0 Å². The van der Waals surface area contributed by atoms with Gasteiger partial charge in [0, 0.05) is 29.2 Å². The summed E-state index contributed by atoms with van der Waals surface area (Å²) in [5.41, 5.74) is 2.17. The normalized spacial score (nSPS) is 10.6. The number of ketones is 1. The van der Waals surface area contributed by atoms with E-state index in [-0.39, 0.29) is 17.0 Å². The molecule has 0 saturated heterocycles. The Kier molecular flexibility index (Phi) is 4.62. The van der Waals surface area contributed by atoms with Crippen LogP contribution >= 0.6 is 0 Å². The number of anilines is 2. The van der Waals surface area contributed by atoms with Crippen molar-refractivity contribution in [2.45, 2.75) is 13.8 Å². The SMILES string of the molecule is CC(=O)c1cc(-c2ccn[nH]c2=O)c(C)cc1Nc1cc(F)cc(F)c1. The maximum atomic E-state index is 13.4. The molecule has 1 heterocycles. The van der Waals surface area contributed by atoms with Crippen LogP contribution in [0, 0.1) is 18.6 Å². The number of Topliss-reactive ketones (excluding diaryl/α,β-unsaturated/α-hetero) is 1. The predicted molar refractivity (Wildman–Crippen MR) is 94.7 cm³/mol. The number of nitrogens with zero attached hydrogens (tertiary/aromatic N) is 1. The number of nitrogens with one attached hydrogen (secondary N) is 2. The second kappa shape index (κ2) is 6.87. The molecule has 7 heteroatoms. The molecule has 0 saturated carbocycles. The monoisotopic (exact) mass is 355 g/mol. The number of carbonyl (C=O) groups is 1. The molecule has 0 bridgehead atoms. The van der Waals surface area contributed by atoms with Crippen LogP contribution in [-0.4, -0.2) is 16.0 Å². The molecule has 5 nitrogen and oxygen atoms in total. The highest BCUT2D eigenvalue weighted by Gasteiger charge is 2.15. The zero-order valence-corrected chi connectivity index (χ0v) is 14.1. The summed E-state index contributed by atoms with van der Waals surface area (Å²) in [6.07, 6.45) is 1.45. The molecule has 26 heavy (non-hydrogen) atoms. The molecule has 0 aliphatic rings. The first-order valence-electron chi connectivity index (χ1n) is 7.78. The van der Waals surface area contributed by atoms with Crippen molar-refractivity contribution in [1.82, 2.24) is 10.2 Å². The molecule has 0 aliphatic heterocycles. The standard InChI is InChI=1S/C19H15F2N3O2/c1-10-5-18(23-14-7-12(20)6-13(21)8-14)17(11(2)25)9-16(10)15-3-4-22-24-19(15)26/h3-9,23H,1-2H3,(H,24,26). The van der Waals surface area contributed by atoms with Gasteiger partial charge in [-0.2, -0.15) is 5.10 Å². The van der Waals surface area contributed by atoms with Gasteiger partial charge in [0.05, 0.1) is 5.56 Å². The summed E-state index contributed by atoms with van der Waals surface area (Å²) in [4.78, 5) is 24.1. The molecule has 3 aromatic rings. The number of H-pyrrole nitrogens is 1. The van der Waals surface area contributed by atoms with Crippen LogP contribution in [0.25, 0.3) is 11.1 Å². The van der Waals surface area contributed by atoms with Crippen LogP contribution in [0.4, 0.5) is 20.2 Å². The van der Waals surface area contributed by atoms with Crippen LogP contribution in [-0.2, 0) is 0 Å². The number of aryl methyl sites for hydroxylation is 1. The zero-order valence-electron chi connectivity index (χ0n) is 14.1. The fraction of sp³-hybridized carbons (Fsp3) is 0.105. The number of rotatable bonds is 4. The van der Waals surface area contributed by atoms with Crippen molar-refractivity contribution in [3.05, 3.63) is 75.7 Å². The van der Waals surface area contributed by atoms with E-state index < -0.39 is 11.6 Å². The van der Waals surface area contributed by atoms with Crippen molar-refractivity contribution in [2.24, 2.45) is 0 Å². The molecule has 1 aromatic heterocycles. The average Bonchev–Trinajstić information content (AvgIpc) is 2.54. The number of aromatic nitrogens is 2. The molecule has 0 aliphatic carbocycles. The van der Waals surface area contributed by atoms with Gasteiger partial charge in [0.15, 0.2) is 5.78 Å². The minimum absolute atomic E-state index is 0.180. The van der Waals surface area contributed by atoms with Crippen molar-refractivity contribution >= 4 is 17.2 Å². The van der Waals surface area contributed by atoms with E-state index in [1.165, 1.54) is 13.1 Å². The molecular formula is C19H15F2N3O2. The Bertz CT molecular complexity index is 1040. The van der Waals surface area contributed by atoms with Crippen LogP contribution in [0.1, 0.15) is 22.8 Å². The summed E-state index contributed by atoms with van der Waals surface area (Å²) in [6, 6.07) is 7.82. The third-order valence-electron chi connectivity index (χ3n) is 3.90. The molecule has 3 rings (SSSR count). The van der Waals surface area contributed by atoms with Gasteiger partial charge < -0.3 is 5.32 Å². The van der Waals surface area contributed by atoms with Gasteiger partial charge in [-0.3, -0.25) is 9.59 Å². The van der Waals surface area contributed by atoms with Crippen molar-refractivity contribution in [1.29, 1.82) is 0 Å². The highest BCUT2D eigenvalue weighted by atomic mass is 19.1. The van der Waals surface area contributed by atoms with Crippen molar-refractivity contribution < 1.29 is 13.6 Å². The maximum Gasteiger partial charge on any atom is 0.272 e. The molecule has 0 spiro atoms. The van der Waals surface area contributed by atoms with Crippen LogP contribution < -0.4 is 10.9 Å². The number of carbonyl (C=O) groups excluding carboxylic acids is 1. The fourth-order valence-corrected chi connectivity index (χ4v) is 2.73. The summed E-state index contributed by atoms with van der Waals surface area (Å²) in [5, 5.41) is 8.88. The third kappa shape index (κ3) is 3.51. The largest absolute Gasteiger partial charge is 0.355 e. The van der Waals surface area contributed by atoms with Gasteiger partial charge in [-0.25, -0.2) is 13.9 Å². The summed E-state index contributed by atoms with van der Waals surface area (Å²) in [5.74, 6) is -1.71. The van der Waals surface area contributed by atoms with Crippen molar-refractivity contribution in [3.8, 4) is 11.1 Å². The van der Waals surface area contributed by atoms with Gasteiger partial charge in [0.1, 0.15) is 11.6 Å². The van der Waals surface area contributed by atoms with Crippen molar-refractivity contribution in [3.63, 3.8) is 0 Å². The molecule has 2 aromatic carbocycles. The van der Waals surface area contributed by atoms with Crippen LogP contribution in [0.2, 0.25) is 0 Å². The first-order valence-corrected chi connectivity index (χ1v) is 7.78. The lowest BCUT2D eigenvalue weighted by Gasteiger charge is -2.15. The van der Waals surface area contributed by atoms with Crippen molar-refractivity contribution in [2.75, 3.05) is 5.32 Å². The Balaban J connectivity index is 2.12. The lowest BCUT2D eigenvalue weighted by Crippen LogP contribution is -2.11. The number of benzene rings is 2. The Morgan fingerprint density at radius 1 is 1.08 bits per heavy atom. The molecule has 0 unspecified atom stereocenters. The molecule has 132 valence electrons. The second-order valence-corrected chi connectivity index (χ2v) is 5.85. The first-order chi connectivity index (χ1) is 12.3. The number of hydrogen-bond acceptors (Lipinski definition) is 4. The highest BCUT2D eigenvalue weighted by molar-refractivity contribution is 6.02. The topological polar surface area (TPSA) is 74.8 Å². The summed E-state index contributed by atoms with van der Waals surface area (Å²) >= 11 is 0. The van der Waals surface area contributed by atoms with E-state index in [9.17, 15) is 18.4 Å². The fourth-order valence-electron chi connectivity index (χ4n) is 2.73. The lowest BCUT2D eigenvalue weighted by atomic mass is 9.96. The Labute approximate surface area is 147 Å². The molecule has 0 amide bonds. The number of aromatic amines is 1. The Hall–Kier alpha value is -3.35. The van der Waals surface area contributed by atoms with E-state index in [1.54, 1.807) is 25.1 Å². The van der Waals surface area contributed by atoms with Crippen LogP contribution in [0.5, 0.6) is 0 Å². The van der Waals surface area contributed by atoms with Gasteiger partial charge in [0.2, 0.25) is 0 Å². The summed E-state index contributed by atoms with van der Waals surface area (Å²) < 4.78 is 26.8. The average molecular weight is 355 g/mol. The van der Waals surface area contributed by atoms with E-state index >= 15 is 0 Å². The van der Waals surface area contributed by atoms with Gasteiger partial charge >= 0.3 is 0 Å². The molecular weight excluding hydrogens is 340 g/mol. The second-order valence-electron chi connectivity index (χ2n) is 5.85. The smallest absolute Gasteiger partial charge is 0.272 e. The third-order valence-corrected chi connectivity index (χ3v) is 3.90. The minimum Gasteiger partial charge on any atom is -0.355 e. The zero-order chi connectivity index (χ0) is 18.8. The van der Waals surface area contributed by atoms with Gasteiger partial charge in [-0.1, -0.05) is 0 Å². The predicted octanol–water partition coefficient (Wildman–Crippen LogP) is 3.97. The van der Waals surface area contributed by atoms with Crippen LogP contribution in [0.15, 0.2) is 47.4 Å². The van der Waals surface area contributed by atoms with Crippen LogP contribution in [0.3, 0.4) is 0 Å². The number of halogens is 2. The quantitative estimate of drug-likeness (QED) is 0.695. The number of hydrogen-bond donors (Lipinski definition) is 2. The minimum atomic E-state index is -0.728. The molecule has 0 radical (unpaired) electrons. The van der Waals surface area contributed by atoms with E-state index in [0.29, 0.717) is 27.9 Å². The van der Waals surface area contributed by atoms with Gasteiger partial charge in [-0.05, 0) is 55.3 Å². The van der Waals surface area contributed by atoms with Gasteiger partial charge in [0.25, 0.3) is 5.56 Å². The van der Waals surface area contributed by atoms with E-state index in [1.807, 2.05) is 0 Å². The maximum absolute atomic E-state index is 13.4. The van der Waals surface area contributed by atoms with E-state index in [2.05, 4.69) is 15.5 Å². The van der Waals surface area contributed by atoms with E-state index in [4.69, 9.17) is 0 Å².